The van der Waals surface area contributed by atoms with Crippen molar-refractivity contribution in [3.05, 3.63) is 36.0 Å². The van der Waals surface area contributed by atoms with Crippen LogP contribution in [0, 0.1) is 12.8 Å². The molecule has 0 aromatic carbocycles. The summed E-state index contributed by atoms with van der Waals surface area (Å²) >= 11 is 0. The van der Waals surface area contributed by atoms with Crippen LogP contribution in [0.5, 0.6) is 5.88 Å². The van der Waals surface area contributed by atoms with Crippen LogP contribution in [0.4, 0.5) is 0 Å². The van der Waals surface area contributed by atoms with Crippen molar-refractivity contribution in [2.24, 2.45) is 13.0 Å². The third-order valence-corrected chi connectivity index (χ3v) is 4.29. The first kappa shape index (κ1) is 15.0. The molecule has 1 saturated heterocycles. The van der Waals surface area contributed by atoms with Crippen LogP contribution in [-0.4, -0.2) is 44.3 Å². The van der Waals surface area contributed by atoms with Gasteiger partial charge in [0.05, 0.1) is 13.2 Å². The van der Waals surface area contributed by atoms with E-state index in [1.807, 2.05) is 30.8 Å². The standard InChI is InChI=1S/C16H23N5O/c1-13-4-3-7-17-16(13)22-11-14-5-8-21(9-6-14)10-15-18-12-19-20(15)2/h3-4,7,12,14H,5-6,8-11H2,1-2H3. The molecule has 1 fully saturated rings. The Morgan fingerprint density at radius 3 is 2.77 bits per heavy atom. The van der Waals surface area contributed by atoms with Gasteiger partial charge in [0.25, 0.3) is 0 Å². The van der Waals surface area contributed by atoms with E-state index in [1.165, 1.54) is 0 Å². The summed E-state index contributed by atoms with van der Waals surface area (Å²) in [4.78, 5) is 11.0. The second-order valence-corrected chi connectivity index (χ2v) is 5.96. The second-order valence-electron chi connectivity index (χ2n) is 5.96. The number of piperidine rings is 1. The molecule has 0 bridgehead atoms. The highest BCUT2D eigenvalue weighted by molar-refractivity contribution is 5.23. The van der Waals surface area contributed by atoms with Crippen molar-refractivity contribution in [1.29, 1.82) is 0 Å². The van der Waals surface area contributed by atoms with E-state index in [9.17, 15) is 0 Å². The monoisotopic (exact) mass is 301 g/mol. The molecule has 3 heterocycles. The Kier molecular flexibility index (Phi) is 4.68. The zero-order valence-corrected chi connectivity index (χ0v) is 13.3. The number of ether oxygens (including phenoxy) is 1. The first-order valence-corrected chi connectivity index (χ1v) is 7.82. The maximum Gasteiger partial charge on any atom is 0.216 e. The average molecular weight is 301 g/mol. The maximum atomic E-state index is 5.88. The SMILES string of the molecule is Cc1cccnc1OCC1CCN(Cc2ncnn2C)CC1. The quantitative estimate of drug-likeness (QED) is 0.843. The van der Waals surface area contributed by atoms with Gasteiger partial charge in [-0.2, -0.15) is 5.10 Å². The van der Waals surface area contributed by atoms with Crippen LogP contribution < -0.4 is 4.74 Å². The van der Waals surface area contributed by atoms with Gasteiger partial charge in [0.2, 0.25) is 5.88 Å². The van der Waals surface area contributed by atoms with Crippen molar-refractivity contribution < 1.29 is 4.74 Å². The van der Waals surface area contributed by atoms with Gasteiger partial charge in [0, 0.05) is 18.8 Å². The predicted molar refractivity (Wildman–Crippen MR) is 83.5 cm³/mol. The summed E-state index contributed by atoms with van der Waals surface area (Å²) < 4.78 is 7.73. The van der Waals surface area contributed by atoms with Gasteiger partial charge in [-0.05, 0) is 44.8 Å². The zero-order valence-electron chi connectivity index (χ0n) is 13.3. The lowest BCUT2D eigenvalue weighted by Crippen LogP contribution is -2.35. The lowest BCUT2D eigenvalue weighted by molar-refractivity contribution is 0.131. The highest BCUT2D eigenvalue weighted by atomic mass is 16.5. The minimum atomic E-state index is 0.608. The number of nitrogens with zero attached hydrogens (tertiary/aromatic N) is 5. The Balaban J connectivity index is 1.44. The molecule has 3 rings (SSSR count). The Morgan fingerprint density at radius 1 is 1.27 bits per heavy atom. The van der Waals surface area contributed by atoms with E-state index in [0.29, 0.717) is 5.92 Å². The summed E-state index contributed by atoms with van der Waals surface area (Å²) in [6, 6.07) is 3.97. The third kappa shape index (κ3) is 3.62. The first-order valence-electron chi connectivity index (χ1n) is 7.82. The highest BCUT2D eigenvalue weighted by Gasteiger charge is 2.21. The summed E-state index contributed by atoms with van der Waals surface area (Å²) in [6.07, 6.45) is 5.71. The maximum absolute atomic E-state index is 5.88. The lowest BCUT2D eigenvalue weighted by Gasteiger charge is -2.31. The van der Waals surface area contributed by atoms with E-state index >= 15 is 0 Å². The van der Waals surface area contributed by atoms with E-state index in [0.717, 1.165) is 56.4 Å². The summed E-state index contributed by atoms with van der Waals surface area (Å²) in [5.74, 6) is 2.40. The zero-order chi connectivity index (χ0) is 15.4. The molecule has 118 valence electrons. The van der Waals surface area contributed by atoms with Crippen LogP contribution in [0.1, 0.15) is 24.2 Å². The van der Waals surface area contributed by atoms with Gasteiger partial charge in [-0.1, -0.05) is 6.07 Å². The van der Waals surface area contributed by atoms with E-state index in [4.69, 9.17) is 4.74 Å². The fourth-order valence-electron chi connectivity index (χ4n) is 2.79. The molecule has 1 aliphatic rings. The number of hydrogen-bond donors (Lipinski definition) is 0. The highest BCUT2D eigenvalue weighted by Crippen LogP contribution is 2.20. The van der Waals surface area contributed by atoms with Crippen molar-refractivity contribution >= 4 is 0 Å². The minimum Gasteiger partial charge on any atom is -0.477 e. The third-order valence-electron chi connectivity index (χ3n) is 4.29. The van der Waals surface area contributed by atoms with Crippen molar-refractivity contribution in [3.8, 4) is 5.88 Å². The molecular formula is C16H23N5O. The van der Waals surface area contributed by atoms with Gasteiger partial charge >= 0.3 is 0 Å². The van der Waals surface area contributed by atoms with Crippen LogP contribution >= 0.6 is 0 Å². The van der Waals surface area contributed by atoms with Crippen LogP contribution in [0.15, 0.2) is 24.7 Å². The molecule has 0 spiro atoms. The van der Waals surface area contributed by atoms with Crippen molar-refractivity contribution in [2.45, 2.75) is 26.3 Å². The van der Waals surface area contributed by atoms with Crippen molar-refractivity contribution in [1.82, 2.24) is 24.6 Å². The average Bonchev–Trinajstić information content (AvgIpc) is 2.93. The van der Waals surface area contributed by atoms with E-state index in [1.54, 1.807) is 12.5 Å². The Labute approximate surface area is 131 Å². The molecule has 0 aliphatic carbocycles. The lowest BCUT2D eigenvalue weighted by atomic mass is 9.98. The number of aromatic nitrogens is 4. The molecule has 0 N–H and O–H groups in total. The fourth-order valence-corrected chi connectivity index (χ4v) is 2.79. The molecule has 0 radical (unpaired) electrons. The molecule has 2 aromatic rings. The van der Waals surface area contributed by atoms with Gasteiger partial charge < -0.3 is 4.74 Å². The molecule has 1 aliphatic heterocycles. The molecule has 6 nitrogen and oxygen atoms in total. The van der Waals surface area contributed by atoms with Crippen LogP contribution in [0.25, 0.3) is 0 Å². The molecule has 0 amide bonds. The number of hydrogen-bond acceptors (Lipinski definition) is 5. The van der Waals surface area contributed by atoms with E-state index < -0.39 is 0 Å². The number of rotatable bonds is 5. The van der Waals surface area contributed by atoms with Gasteiger partial charge in [0.15, 0.2) is 0 Å². The van der Waals surface area contributed by atoms with Crippen LogP contribution in [-0.2, 0) is 13.6 Å². The Morgan fingerprint density at radius 2 is 2.09 bits per heavy atom. The minimum absolute atomic E-state index is 0.608. The molecule has 2 aromatic heterocycles. The smallest absolute Gasteiger partial charge is 0.216 e. The molecule has 6 heteroatoms. The summed E-state index contributed by atoms with van der Waals surface area (Å²) in [6.45, 7) is 5.84. The van der Waals surface area contributed by atoms with Gasteiger partial charge in [-0.3, -0.25) is 9.58 Å². The Hall–Kier alpha value is -1.95. The van der Waals surface area contributed by atoms with Gasteiger partial charge in [-0.15, -0.1) is 0 Å². The van der Waals surface area contributed by atoms with Crippen molar-refractivity contribution in [2.75, 3.05) is 19.7 Å². The summed E-state index contributed by atoms with van der Waals surface area (Å²) in [5, 5.41) is 4.12. The topological polar surface area (TPSA) is 56.1 Å². The molecule has 22 heavy (non-hydrogen) atoms. The Bertz CT molecular complexity index is 604. The summed E-state index contributed by atoms with van der Waals surface area (Å²) in [7, 11) is 1.94. The number of pyridine rings is 1. The molecular weight excluding hydrogens is 278 g/mol. The van der Waals surface area contributed by atoms with Crippen LogP contribution in [0.2, 0.25) is 0 Å². The van der Waals surface area contributed by atoms with Crippen molar-refractivity contribution in [3.63, 3.8) is 0 Å². The molecule has 0 saturated carbocycles. The summed E-state index contributed by atoms with van der Waals surface area (Å²) in [5.41, 5.74) is 1.10. The van der Waals surface area contributed by atoms with Crippen LogP contribution in [0.3, 0.4) is 0 Å². The van der Waals surface area contributed by atoms with E-state index in [2.05, 4.69) is 20.0 Å². The number of likely N-dealkylation sites (tertiary alicyclic amines) is 1. The first-order chi connectivity index (χ1) is 10.7. The normalized spacial score (nSPS) is 16.8. The predicted octanol–water partition coefficient (Wildman–Crippen LogP) is 1.81. The van der Waals surface area contributed by atoms with Gasteiger partial charge in [-0.25, -0.2) is 9.97 Å². The van der Waals surface area contributed by atoms with Gasteiger partial charge in [0.1, 0.15) is 12.2 Å². The number of aryl methyl sites for hydroxylation is 2. The second kappa shape index (κ2) is 6.87. The molecule has 0 unspecified atom stereocenters. The fraction of sp³-hybridized carbons (Fsp3) is 0.562. The molecule has 0 atom stereocenters. The van der Waals surface area contributed by atoms with E-state index in [-0.39, 0.29) is 0 Å². The largest absolute Gasteiger partial charge is 0.477 e.